The predicted molar refractivity (Wildman–Crippen MR) is 55.9 cm³/mol. The monoisotopic (exact) mass is 277 g/mol. The molecular weight excluding hydrogens is 265 g/mol. The predicted octanol–water partition coefficient (Wildman–Crippen LogP) is 2.13. The molecule has 1 aromatic heterocycles. The number of nitrogens with zero attached hydrogens (tertiary/aromatic N) is 3. The van der Waals surface area contributed by atoms with E-state index < -0.39 is 0 Å². The second-order valence-electron chi connectivity index (χ2n) is 3.45. The van der Waals surface area contributed by atoms with Gasteiger partial charge in [-0.15, -0.1) is 0 Å². The molecule has 0 saturated carbocycles. The molecule has 1 aromatic rings. The van der Waals surface area contributed by atoms with Crippen molar-refractivity contribution in [3.8, 4) is 0 Å². The van der Waals surface area contributed by atoms with E-state index >= 15 is 0 Å². The van der Waals surface area contributed by atoms with E-state index in [0.717, 1.165) is 13.1 Å². The summed E-state index contributed by atoms with van der Waals surface area (Å²) in [4.78, 5) is 0. The zero-order valence-electron chi connectivity index (χ0n) is 7.29. The molecule has 1 aliphatic rings. The van der Waals surface area contributed by atoms with E-state index in [1.807, 2.05) is 4.68 Å². The quantitative estimate of drug-likeness (QED) is 0.579. The first-order valence-corrected chi connectivity index (χ1v) is 5.11. The minimum absolute atomic E-state index is 0.485. The molecule has 0 N–H and O–H groups in total. The Hall–Kier alpha value is -0.100. The maximum absolute atomic E-state index is 4.51. The van der Waals surface area contributed by atoms with Gasteiger partial charge in [0.25, 0.3) is 0 Å². The van der Waals surface area contributed by atoms with Crippen LogP contribution in [0.1, 0.15) is 31.1 Å². The maximum Gasteiger partial charge on any atom is 0.0818 e. The van der Waals surface area contributed by atoms with Crippen LogP contribution < -0.4 is 0 Å². The zero-order valence-corrected chi connectivity index (χ0v) is 9.45. The van der Waals surface area contributed by atoms with E-state index in [4.69, 9.17) is 0 Å². The molecule has 0 aliphatic carbocycles. The van der Waals surface area contributed by atoms with E-state index in [1.54, 1.807) is 0 Å². The van der Waals surface area contributed by atoms with Crippen LogP contribution >= 0.6 is 22.9 Å². The Labute approximate surface area is 86.2 Å². The van der Waals surface area contributed by atoms with Crippen LogP contribution in [0.2, 0.25) is 0 Å². The Kier molecular flexibility index (Phi) is 2.12. The van der Waals surface area contributed by atoms with Crippen molar-refractivity contribution in [2.24, 2.45) is 0 Å². The third kappa shape index (κ3) is 1.37. The van der Waals surface area contributed by atoms with Gasteiger partial charge in [-0.3, -0.25) is 4.68 Å². The van der Waals surface area contributed by atoms with Gasteiger partial charge in [0.1, 0.15) is 0 Å². The summed E-state index contributed by atoms with van der Waals surface area (Å²) < 4.78 is 4.30. The average Bonchev–Trinajstić information content (AvgIpc) is 2.42. The second-order valence-corrected chi connectivity index (χ2v) is 4.82. The van der Waals surface area contributed by atoms with Crippen LogP contribution in [0.25, 0.3) is 0 Å². The Morgan fingerprint density at radius 3 is 2.83 bits per heavy atom. The molecule has 0 amide bonds. The van der Waals surface area contributed by atoms with E-state index in [9.17, 15) is 0 Å². The molecule has 0 bridgehead atoms. The van der Waals surface area contributed by atoms with Crippen LogP contribution in [0.5, 0.6) is 0 Å². The lowest BCUT2D eigenvalue weighted by Crippen LogP contribution is -2.06. The van der Waals surface area contributed by atoms with Crippen LogP contribution in [0, 0.1) is 0 Å². The number of halogens is 1. The van der Waals surface area contributed by atoms with Crippen molar-refractivity contribution >= 4 is 22.9 Å². The zero-order chi connectivity index (χ0) is 8.72. The molecule has 0 radical (unpaired) electrons. The third-order valence-corrected chi connectivity index (χ3v) is 2.77. The summed E-state index contributed by atoms with van der Waals surface area (Å²) in [5.74, 6) is 0. The smallest absolute Gasteiger partial charge is 0.0818 e. The largest absolute Gasteiger partial charge is 0.270 e. The summed E-state index contributed by atoms with van der Waals surface area (Å²) in [6.07, 6.45) is 2.17. The van der Waals surface area contributed by atoms with E-state index in [0.29, 0.717) is 6.04 Å². The van der Waals surface area contributed by atoms with Gasteiger partial charge in [0.2, 0.25) is 0 Å². The lowest BCUT2D eigenvalue weighted by Gasteiger charge is -2.06. The van der Waals surface area contributed by atoms with Crippen LogP contribution in [0.3, 0.4) is 0 Å². The number of aromatic nitrogens is 2. The lowest BCUT2D eigenvalue weighted by molar-refractivity contribution is 0.492. The molecule has 0 saturated heterocycles. The molecule has 0 fully saturated rings. The van der Waals surface area contributed by atoms with Crippen molar-refractivity contribution in [3.05, 3.63) is 17.5 Å². The van der Waals surface area contributed by atoms with Crippen LogP contribution in [0.15, 0.2) is 6.20 Å². The highest BCUT2D eigenvalue weighted by atomic mass is 127. The second kappa shape index (κ2) is 2.99. The van der Waals surface area contributed by atoms with Crippen molar-refractivity contribution in [1.29, 1.82) is 0 Å². The van der Waals surface area contributed by atoms with E-state index in [-0.39, 0.29) is 0 Å². The first kappa shape index (κ1) is 8.50. The summed E-state index contributed by atoms with van der Waals surface area (Å²) in [6.45, 7) is 6.35. The number of hydrogen-bond donors (Lipinski definition) is 0. The Morgan fingerprint density at radius 1 is 1.50 bits per heavy atom. The van der Waals surface area contributed by atoms with Crippen molar-refractivity contribution in [2.75, 3.05) is 0 Å². The first-order valence-electron chi connectivity index (χ1n) is 4.14. The van der Waals surface area contributed by atoms with Gasteiger partial charge in [-0.05, 0) is 13.8 Å². The van der Waals surface area contributed by atoms with E-state index in [1.165, 1.54) is 11.3 Å². The lowest BCUT2D eigenvalue weighted by atomic mass is 10.3. The fraction of sp³-hybridized carbons (Fsp3) is 0.625. The molecule has 2 rings (SSSR count). The van der Waals surface area contributed by atoms with Crippen molar-refractivity contribution in [2.45, 2.75) is 33.0 Å². The molecule has 0 spiro atoms. The van der Waals surface area contributed by atoms with Gasteiger partial charge in [-0.2, -0.15) is 5.10 Å². The van der Waals surface area contributed by atoms with Crippen LogP contribution in [0.4, 0.5) is 0 Å². The molecule has 4 heteroatoms. The third-order valence-electron chi connectivity index (χ3n) is 2.09. The first-order chi connectivity index (χ1) is 5.66. The van der Waals surface area contributed by atoms with Gasteiger partial charge in [0.05, 0.1) is 12.2 Å². The molecule has 0 unspecified atom stereocenters. The highest BCUT2D eigenvalue weighted by molar-refractivity contribution is 14.1. The van der Waals surface area contributed by atoms with Crippen LogP contribution in [-0.4, -0.2) is 12.9 Å². The summed E-state index contributed by atoms with van der Waals surface area (Å²) >= 11 is 2.34. The topological polar surface area (TPSA) is 21.1 Å². The molecular formula is C8H12IN3. The van der Waals surface area contributed by atoms with Gasteiger partial charge >= 0.3 is 0 Å². The summed E-state index contributed by atoms with van der Waals surface area (Å²) in [6, 6.07) is 0.485. The Balaban J connectivity index is 2.28. The van der Waals surface area contributed by atoms with E-state index in [2.05, 4.69) is 51.1 Å². The summed E-state index contributed by atoms with van der Waals surface area (Å²) in [7, 11) is 0. The molecule has 12 heavy (non-hydrogen) atoms. The summed E-state index contributed by atoms with van der Waals surface area (Å²) in [5.41, 5.74) is 2.64. The van der Waals surface area contributed by atoms with Gasteiger partial charge in [0.15, 0.2) is 0 Å². The molecule has 0 aromatic carbocycles. The minimum Gasteiger partial charge on any atom is -0.270 e. The number of hydrogen-bond acceptors (Lipinski definition) is 2. The number of rotatable bonds is 1. The summed E-state index contributed by atoms with van der Waals surface area (Å²) in [5, 5.41) is 4.51. The van der Waals surface area contributed by atoms with Crippen molar-refractivity contribution in [3.63, 3.8) is 0 Å². The normalized spacial score (nSPS) is 17.3. The molecule has 2 heterocycles. The fourth-order valence-electron chi connectivity index (χ4n) is 1.40. The molecule has 0 atom stereocenters. The van der Waals surface area contributed by atoms with Gasteiger partial charge in [0, 0.05) is 47.2 Å². The average molecular weight is 277 g/mol. The molecule has 3 nitrogen and oxygen atoms in total. The van der Waals surface area contributed by atoms with Crippen molar-refractivity contribution in [1.82, 2.24) is 12.9 Å². The fourth-order valence-corrected chi connectivity index (χ4v) is 2.09. The Morgan fingerprint density at radius 2 is 2.25 bits per heavy atom. The van der Waals surface area contributed by atoms with Gasteiger partial charge < -0.3 is 0 Å². The number of fused-ring (bicyclic) bond motifs is 1. The minimum atomic E-state index is 0.485. The van der Waals surface area contributed by atoms with Crippen molar-refractivity contribution < 1.29 is 0 Å². The van der Waals surface area contributed by atoms with Crippen LogP contribution in [-0.2, 0) is 13.1 Å². The highest BCUT2D eigenvalue weighted by Crippen LogP contribution is 2.24. The van der Waals surface area contributed by atoms with Gasteiger partial charge in [-0.25, -0.2) is 3.11 Å². The maximum atomic E-state index is 4.51. The Bertz CT molecular complexity index is 269. The van der Waals surface area contributed by atoms with Gasteiger partial charge in [-0.1, -0.05) is 0 Å². The SMILES string of the molecule is CC(C)n1cc2c(n1)CN(I)C2. The highest BCUT2D eigenvalue weighted by Gasteiger charge is 2.20. The molecule has 66 valence electrons. The standard InChI is InChI=1S/C8H12IN3/c1-6(2)12-4-7-3-11(9)5-8(7)10-12/h4,6H,3,5H2,1-2H3. The molecule has 1 aliphatic heterocycles.